The number of hydrogen-bond acceptors (Lipinski definition) is 2. The molecule has 148 valence electrons. The first-order valence-corrected chi connectivity index (χ1v) is 11.3. The normalized spacial score (nSPS) is 39.4. The van der Waals surface area contributed by atoms with E-state index in [4.69, 9.17) is 0 Å². The lowest BCUT2D eigenvalue weighted by molar-refractivity contribution is 0.149. The van der Waals surface area contributed by atoms with Crippen molar-refractivity contribution in [1.82, 2.24) is 4.90 Å². The molecule has 1 saturated heterocycles. The van der Waals surface area contributed by atoms with Gasteiger partial charge in [0.2, 0.25) is 0 Å². The molecule has 0 radical (unpaired) electrons. The Kier molecular flexibility index (Phi) is 6.04. The minimum Gasteiger partial charge on any atom is -0.393 e. The number of aliphatic hydroxyl groups excluding tert-OH is 1. The predicted molar refractivity (Wildman–Crippen MR) is 114 cm³/mol. The highest BCUT2D eigenvalue weighted by atomic mass is 16.3. The van der Waals surface area contributed by atoms with Crippen LogP contribution >= 0.6 is 0 Å². The largest absolute Gasteiger partial charge is 0.393 e. The van der Waals surface area contributed by atoms with Crippen molar-refractivity contribution in [1.29, 1.82) is 0 Å². The van der Waals surface area contributed by atoms with Crippen LogP contribution in [0.3, 0.4) is 0 Å². The van der Waals surface area contributed by atoms with E-state index in [1.807, 2.05) is 0 Å². The van der Waals surface area contributed by atoms with Gasteiger partial charge in [-0.15, -0.1) is 6.58 Å². The molecule has 3 aliphatic carbocycles. The summed E-state index contributed by atoms with van der Waals surface area (Å²) in [6.45, 7) is 8.00. The maximum absolute atomic E-state index is 9.94. The number of allylic oxidation sites excluding steroid dienone is 5. The minimum absolute atomic E-state index is 0.117. The fourth-order valence-corrected chi connectivity index (χ4v) is 6.14. The Balaban J connectivity index is 1.52. The smallest absolute Gasteiger partial charge is 0.0577 e. The molecule has 2 nitrogen and oxygen atoms in total. The van der Waals surface area contributed by atoms with Crippen LogP contribution in [-0.2, 0) is 0 Å². The zero-order chi connectivity index (χ0) is 18.7. The molecule has 3 atom stereocenters. The van der Waals surface area contributed by atoms with Crippen molar-refractivity contribution >= 4 is 0 Å². The number of aliphatic hydroxyl groups is 1. The molecule has 1 N–H and O–H groups in total. The van der Waals surface area contributed by atoms with Gasteiger partial charge in [-0.3, -0.25) is 4.90 Å². The highest BCUT2D eigenvalue weighted by Crippen LogP contribution is 2.58. The van der Waals surface area contributed by atoms with Crippen LogP contribution < -0.4 is 0 Å². The number of likely N-dealkylation sites (tertiary alicyclic amines) is 1. The fraction of sp³-hybridized carbons (Fsp3) is 0.680. The summed E-state index contributed by atoms with van der Waals surface area (Å²) < 4.78 is 0. The summed E-state index contributed by atoms with van der Waals surface area (Å²) in [7, 11) is 0. The summed E-state index contributed by atoms with van der Waals surface area (Å²) in [5, 5.41) is 9.94. The van der Waals surface area contributed by atoms with Crippen LogP contribution in [0, 0.1) is 11.3 Å². The fourth-order valence-electron chi connectivity index (χ4n) is 6.14. The van der Waals surface area contributed by atoms with E-state index in [2.05, 4.69) is 35.8 Å². The zero-order valence-corrected chi connectivity index (χ0v) is 17.0. The van der Waals surface area contributed by atoms with Gasteiger partial charge < -0.3 is 5.11 Å². The first-order valence-electron chi connectivity index (χ1n) is 11.3. The highest BCUT2D eigenvalue weighted by Gasteiger charge is 2.47. The molecule has 0 aromatic heterocycles. The van der Waals surface area contributed by atoms with Gasteiger partial charge in [0.05, 0.1) is 6.10 Å². The van der Waals surface area contributed by atoms with E-state index in [0.29, 0.717) is 5.92 Å². The maximum atomic E-state index is 9.94. The molecule has 0 aromatic carbocycles. The molecule has 0 bridgehead atoms. The second-order valence-electron chi connectivity index (χ2n) is 9.24. The van der Waals surface area contributed by atoms with Gasteiger partial charge in [0.25, 0.3) is 0 Å². The zero-order valence-electron chi connectivity index (χ0n) is 17.0. The van der Waals surface area contributed by atoms with Crippen LogP contribution in [0.2, 0.25) is 0 Å². The third-order valence-electron chi connectivity index (χ3n) is 7.65. The molecule has 0 aromatic rings. The van der Waals surface area contributed by atoms with Crippen LogP contribution in [0.5, 0.6) is 0 Å². The van der Waals surface area contributed by atoms with Crippen molar-refractivity contribution in [3.05, 3.63) is 47.6 Å². The summed E-state index contributed by atoms with van der Waals surface area (Å²) in [4.78, 5) is 2.61. The number of nitrogens with zero attached hydrogens (tertiary/aromatic N) is 1. The van der Waals surface area contributed by atoms with E-state index in [1.165, 1.54) is 70.0 Å². The van der Waals surface area contributed by atoms with E-state index in [1.54, 1.807) is 11.1 Å². The van der Waals surface area contributed by atoms with E-state index < -0.39 is 0 Å². The summed E-state index contributed by atoms with van der Waals surface area (Å²) in [6, 6.07) is 0. The highest BCUT2D eigenvalue weighted by molar-refractivity contribution is 5.37. The van der Waals surface area contributed by atoms with E-state index in [9.17, 15) is 5.11 Å². The second kappa shape index (κ2) is 8.49. The van der Waals surface area contributed by atoms with Crippen molar-refractivity contribution in [2.75, 3.05) is 19.6 Å². The molecular weight excluding hydrogens is 330 g/mol. The molecule has 0 amide bonds. The van der Waals surface area contributed by atoms with E-state index in [0.717, 1.165) is 25.8 Å². The van der Waals surface area contributed by atoms with Crippen molar-refractivity contribution in [3.8, 4) is 0 Å². The van der Waals surface area contributed by atoms with Gasteiger partial charge >= 0.3 is 0 Å². The van der Waals surface area contributed by atoms with Crippen LogP contribution in [0.1, 0.15) is 70.6 Å². The molecule has 4 aliphatic rings. The molecule has 4 fully saturated rings. The molecule has 0 spiro atoms. The van der Waals surface area contributed by atoms with Crippen molar-refractivity contribution in [3.63, 3.8) is 0 Å². The van der Waals surface area contributed by atoms with Crippen LogP contribution in [0.4, 0.5) is 0 Å². The van der Waals surface area contributed by atoms with Crippen molar-refractivity contribution in [2.24, 2.45) is 11.3 Å². The average Bonchev–Trinajstić information content (AvgIpc) is 3.33. The summed E-state index contributed by atoms with van der Waals surface area (Å²) in [5.74, 6) is 0.652. The second-order valence-corrected chi connectivity index (χ2v) is 9.24. The Hall–Kier alpha value is -1.12. The molecule has 2 heteroatoms. The Morgan fingerprint density at radius 3 is 2.67 bits per heavy atom. The topological polar surface area (TPSA) is 23.5 Å². The number of hydrogen-bond donors (Lipinski definition) is 1. The monoisotopic (exact) mass is 367 g/mol. The Morgan fingerprint density at radius 2 is 1.89 bits per heavy atom. The van der Waals surface area contributed by atoms with Crippen LogP contribution in [-0.4, -0.2) is 35.7 Å². The van der Waals surface area contributed by atoms with Gasteiger partial charge in [0, 0.05) is 12.0 Å². The number of rotatable bonds is 4. The SMILES string of the molecule is C=CC12CCC/C(=C\C=C3\CCCC(O)C3)C1CC/C2=C\CN1CCCC1. The predicted octanol–water partition coefficient (Wildman–Crippen LogP) is 5.56. The third kappa shape index (κ3) is 4.03. The Labute approximate surface area is 165 Å². The Morgan fingerprint density at radius 1 is 1.04 bits per heavy atom. The van der Waals surface area contributed by atoms with E-state index in [-0.39, 0.29) is 11.5 Å². The molecule has 3 saturated carbocycles. The number of fused-ring (bicyclic) bond motifs is 1. The van der Waals surface area contributed by atoms with Gasteiger partial charge in [-0.25, -0.2) is 0 Å². The van der Waals surface area contributed by atoms with E-state index >= 15 is 0 Å². The lowest BCUT2D eigenvalue weighted by atomic mass is 9.64. The van der Waals surface area contributed by atoms with Gasteiger partial charge in [0.1, 0.15) is 0 Å². The van der Waals surface area contributed by atoms with Crippen LogP contribution in [0.25, 0.3) is 0 Å². The summed E-state index contributed by atoms with van der Waals surface area (Å²) in [5.41, 5.74) is 4.96. The third-order valence-corrected chi connectivity index (χ3v) is 7.65. The molecule has 27 heavy (non-hydrogen) atoms. The quantitative estimate of drug-likeness (QED) is 0.657. The molecule has 1 heterocycles. The molecule has 4 rings (SSSR count). The maximum Gasteiger partial charge on any atom is 0.0577 e. The molecule has 1 aliphatic heterocycles. The Bertz CT molecular complexity index is 637. The van der Waals surface area contributed by atoms with Gasteiger partial charge in [-0.1, -0.05) is 41.0 Å². The standard InChI is InChI=1S/C25H37NO/c1-2-25-15-6-8-21(11-10-20-7-5-9-23(27)19-20)24(25)13-12-22(25)14-18-26-16-3-4-17-26/h2,10-11,14,23-24,27H,1,3-9,12-13,15-19H2/b20-10-,21-11+,22-14+. The first-order chi connectivity index (χ1) is 13.2. The van der Waals surface area contributed by atoms with Crippen molar-refractivity contribution < 1.29 is 5.11 Å². The lowest BCUT2D eigenvalue weighted by Crippen LogP contribution is -2.30. The van der Waals surface area contributed by atoms with Crippen LogP contribution in [0.15, 0.2) is 47.6 Å². The lowest BCUT2D eigenvalue weighted by Gasteiger charge is -2.40. The van der Waals surface area contributed by atoms with Gasteiger partial charge in [-0.05, 0) is 89.6 Å². The minimum atomic E-state index is -0.117. The molecule has 3 unspecified atom stereocenters. The summed E-state index contributed by atoms with van der Waals surface area (Å²) >= 11 is 0. The van der Waals surface area contributed by atoms with Gasteiger partial charge in [0.15, 0.2) is 0 Å². The average molecular weight is 368 g/mol. The van der Waals surface area contributed by atoms with Gasteiger partial charge in [-0.2, -0.15) is 0 Å². The summed E-state index contributed by atoms with van der Waals surface area (Å²) in [6.07, 6.45) is 22.7. The molecular formula is C25H37NO. The van der Waals surface area contributed by atoms with Crippen molar-refractivity contribution in [2.45, 2.75) is 76.7 Å². The first kappa shape index (κ1) is 19.2.